The maximum Gasteiger partial charge on any atom is 0.250 e. The molecule has 0 saturated carbocycles. The van der Waals surface area contributed by atoms with Gasteiger partial charge in [-0.25, -0.2) is 0 Å². The van der Waals surface area contributed by atoms with E-state index in [1.54, 1.807) is 24.3 Å². The molecule has 0 spiro atoms. The molecule has 2 amide bonds. The third kappa shape index (κ3) is 2.99. The first kappa shape index (κ1) is 14.5. The first-order valence-corrected chi connectivity index (χ1v) is 6.85. The summed E-state index contributed by atoms with van der Waals surface area (Å²) < 4.78 is 0. The van der Waals surface area contributed by atoms with Gasteiger partial charge in [0.25, 0.3) is 5.91 Å². The zero-order chi connectivity index (χ0) is 14.8. The Kier molecular flexibility index (Phi) is 4.09. The van der Waals surface area contributed by atoms with Gasteiger partial charge in [-0.2, -0.15) is 0 Å². The Hall–Kier alpha value is -1.88. The van der Waals surface area contributed by atoms with Crippen LogP contribution in [0.5, 0.6) is 0 Å². The molecule has 0 aliphatic carbocycles. The number of amides is 2. The average molecular weight is 275 g/mol. The smallest absolute Gasteiger partial charge is 0.250 e. The van der Waals surface area contributed by atoms with E-state index in [4.69, 9.17) is 5.73 Å². The van der Waals surface area contributed by atoms with Gasteiger partial charge < -0.3 is 16.4 Å². The number of carbonyl (C=O) groups is 2. The molecule has 1 aliphatic rings. The molecule has 1 atom stereocenters. The van der Waals surface area contributed by atoms with Crippen LogP contribution in [0.4, 0.5) is 5.69 Å². The van der Waals surface area contributed by atoms with Gasteiger partial charge >= 0.3 is 0 Å². The van der Waals surface area contributed by atoms with Crippen molar-refractivity contribution in [2.24, 2.45) is 11.1 Å². The third-order valence-corrected chi connectivity index (χ3v) is 3.84. The van der Waals surface area contributed by atoms with Crippen LogP contribution in [0.2, 0.25) is 0 Å². The molecule has 1 heterocycles. The number of hydrogen-bond donors (Lipinski definition) is 3. The Bertz CT molecular complexity index is 526. The second-order valence-electron chi connectivity index (χ2n) is 5.88. The molecular weight excluding hydrogens is 254 g/mol. The number of piperidine rings is 1. The van der Waals surface area contributed by atoms with Crippen molar-refractivity contribution in [2.45, 2.75) is 32.7 Å². The van der Waals surface area contributed by atoms with Gasteiger partial charge in [0.05, 0.1) is 17.3 Å². The second-order valence-corrected chi connectivity index (χ2v) is 5.88. The molecule has 108 valence electrons. The molecule has 0 aromatic heterocycles. The molecular formula is C15H21N3O2. The minimum absolute atomic E-state index is 0.107. The zero-order valence-corrected chi connectivity index (χ0v) is 11.9. The van der Waals surface area contributed by atoms with E-state index in [2.05, 4.69) is 24.5 Å². The van der Waals surface area contributed by atoms with E-state index in [-0.39, 0.29) is 17.4 Å². The van der Waals surface area contributed by atoms with Gasteiger partial charge in [-0.3, -0.25) is 9.59 Å². The molecule has 0 bridgehead atoms. The van der Waals surface area contributed by atoms with Crippen LogP contribution in [0.1, 0.15) is 37.0 Å². The highest BCUT2D eigenvalue weighted by molar-refractivity contribution is 6.04. The number of nitrogens with two attached hydrogens (primary N) is 1. The van der Waals surface area contributed by atoms with E-state index in [0.717, 1.165) is 19.4 Å². The van der Waals surface area contributed by atoms with Gasteiger partial charge in [0.2, 0.25) is 5.91 Å². The van der Waals surface area contributed by atoms with Crippen LogP contribution >= 0.6 is 0 Å². The van der Waals surface area contributed by atoms with E-state index >= 15 is 0 Å². The van der Waals surface area contributed by atoms with Crippen molar-refractivity contribution in [1.29, 1.82) is 0 Å². The number of nitrogens with one attached hydrogen (secondary N) is 2. The number of anilines is 1. The van der Waals surface area contributed by atoms with Crippen molar-refractivity contribution in [2.75, 3.05) is 11.9 Å². The lowest BCUT2D eigenvalue weighted by Gasteiger charge is -2.38. The van der Waals surface area contributed by atoms with E-state index in [1.807, 2.05) is 0 Å². The molecule has 1 fully saturated rings. The minimum atomic E-state index is -0.545. The van der Waals surface area contributed by atoms with Gasteiger partial charge in [-0.05, 0) is 36.9 Å². The summed E-state index contributed by atoms with van der Waals surface area (Å²) in [6.45, 7) is 4.98. The van der Waals surface area contributed by atoms with Crippen LogP contribution in [-0.4, -0.2) is 24.4 Å². The fourth-order valence-electron chi connectivity index (χ4n) is 2.67. The molecule has 5 nitrogen and oxygen atoms in total. The summed E-state index contributed by atoms with van der Waals surface area (Å²) in [6.07, 6.45) is 2.06. The largest absolute Gasteiger partial charge is 0.366 e. The van der Waals surface area contributed by atoms with Gasteiger partial charge in [0.1, 0.15) is 0 Å². The van der Waals surface area contributed by atoms with Crippen LogP contribution < -0.4 is 16.4 Å². The number of rotatable bonds is 3. The van der Waals surface area contributed by atoms with Crippen LogP contribution in [-0.2, 0) is 4.79 Å². The van der Waals surface area contributed by atoms with E-state index in [0.29, 0.717) is 11.3 Å². The Morgan fingerprint density at radius 3 is 2.70 bits per heavy atom. The van der Waals surface area contributed by atoms with Gasteiger partial charge in [-0.15, -0.1) is 0 Å². The SMILES string of the molecule is CC1(C)CCCNC1C(=O)Nc1ccccc1C(N)=O. The van der Waals surface area contributed by atoms with Crippen molar-refractivity contribution < 1.29 is 9.59 Å². The summed E-state index contributed by atoms with van der Waals surface area (Å²) in [4.78, 5) is 23.8. The molecule has 5 heteroatoms. The molecule has 1 unspecified atom stereocenters. The highest BCUT2D eigenvalue weighted by atomic mass is 16.2. The number of carbonyl (C=O) groups excluding carboxylic acids is 2. The lowest BCUT2D eigenvalue weighted by Crippen LogP contribution is -2.53. The van der Waals surface area contributed by atoms with Crippen molar-refractivity contribution >= 4 is 17.5 Å². The lowest BCUT2D eigenvalue weighted by molar-refractivity contribution is -0.121. The first-order valence-electron chi connectivity index (χ1n) is 6.85. The maximum absolute atomic E-state index is 12.4. The van der Waals surface area contributed by atoms with Crippen LogP contribution in [0.3, 0.4) is 0 Å². The number of benzene rings is 1. The summed E-state index contributed by atoms with van der Waals surface area (Å²) in [6, 6.07) is 6.52. The molecule has 20 heavy (non-hydrogen) atoms. The minimum Gasteiger partial charge on any atom is -0.366 e. The Morgan fingerprint density at radius 2 is 2.05 bits per heavy atom. The predicted octanol–water partition coefficient (Wildman–Crippen LogP) is 1.50. The summed E-state index contributed by atoms with van der Waals surface area (Å²) >= 11 is 0. The molecule has 2 rings (SSSR count). The van der Waals surface area contributed by atoms with Crippen LogP contribution in [0.25, 0.3) is 0 Å². The van der Waals surface area contributed by atoms with Crippen molar-refractivity contribution in [3.63, 3.8) is 0 Å². The van der Waals surface area contributed by atoms with Crippen LogP contribution in [0.15, 0.2) is 24.3 Å². The molecule has 4 N–H and O–H groups in total. The van der Waals surface area contributed by atoms with Crippen molar-refractivity contribution in [1.82, 2.24) is 5.32 Å². The summed E-state index contributed by atoms with van der Waals surface area (Å²) in [5.41, 5.74) is 6.00. The molecule has 1 aliphatic heterocycles. The van der Waals surface area contributed by atoms with Crippen molar-refractivity contribution in [3.8, 4) is 0 Å². The van der Waals surface area contributed by atoms with Gasteiger partial charge in [0, 0.05) is 0 Å². The lowest BCUT2D eigenvalue weighted by atomic mass is 9.77. The zero-order valence-electron chi connectivity index (χ0n) is 11.9. The van der Waals surface area contributed by atoms with E-state index in [1.165, 1.54) is 0 Å². The maximum atomic E-state index is 12.4. The fourth-order valence-corrected chi connectivity index (χ4v) is 2.67. The Balaban J connectivity index is 2.18. The Labute approximate surface area is 118 Å². The summed E-state index contributed by atoms with van der Waals surface area (Å²) in [7, 11) is 0. The van der Waals surface area contributed by atoms with Gasteiger partial charge in [-0.1, -0.05) is 26.0 Å². The Morgan fingerprint density at radius 1 is 1.35 bits per heavy atom. The summed E-state index contributed by atoms with van der Waals surface area (Å²) in [5.74, 6) is -0.667. The number of para-hydroxylation sites is 1. The van der Waals surface area contributed by atoms with Crippen molar-refractivity contribution in [3.05, 3.63) is 29.8 Å². The van der Waals surface area contributed by atoms with E-state index < -0.39 is 5.91 Å². The van der Waals surface area contributed by atoms with Crippen LogP contribution in [0, 0.1) is 5.41 Å². The van der Waals surface area contributed by atoms with Gasteiger partial charge in [0.15, 0.2) is 0 Å². The van der Waals surface area contributed by atoms with E-state index in [9.17, 15) is 9.59 Å². The first-order chi connectivity index (χ1) is 9.42. The number of hydrogen-bond acceptors (Lipinski definition) is 3. The molecule has 1 aromatic rings. The highest BCUT2D eigenvalue weighted by Crippen LogP contribution is 2.31. The normalized spacial score (nSPS) is 21.2. The molecule has 1 aromatic carbocycles. The quantitative estimate of drug-likeness (QED) is 0.781. The summed E-state index contributed by atoms with van der Waals surface area (Å²) in [5, 5.41) is 6.06. The molecule has 0 radical (unpaired) electrons. The molecule has 1 saturated heterocycles. The fraction of sp³-hybridized carbons (Fsp3) is 0.467. The topological polar surface area (TPSA) is 84.2 Å². The third-order valence-electron chi connectivity index (χ3n) is 3.84. The predicted molar refractivity (Wildman–Crippen MR) is 78.4 cm³/mol. The standard InChI is InChI=1S/C15H21N3O2/c1-15(2)8-5-9-17-12(15)14(20)18-11-7-4-3-6-10(11)13(16)19/h3-4,6-7,12,17H,5,8-9H2,1-2H3,(H2,16,19)(H,18,20). The monoisotopic (exact) mass is 275 g/mol. The highest BCUT2D eigenvalue weighted by Gasteiger charge is 2.37. The number of primary amides is 1. The second kappa shape index (κ2) is 5.63. The average Bonchev–Trinajstić information content (AvgIpc) is 2.38.